The number of carboxylic acids is 1. The number of guanidine groups is 1. The molecular weight excluding hydrogens is 460 g/mol. The van der Waals surface area contributed by atoms with Crippen molar-refractivity contribution in [2.45, 2.75) is 108 Å². The molecule has 11 N–H and O–H groups in total. The molecule has 0 unspecified atom stereocenters. The maximum Gasteiger partial charge on any atom is 0.335 e. The number of carboxylic acid groups (broad SMARTS) is 1. The van der Waals surface area contributed by atoms with Crippen molar-refractivity contribution >= 4 is 17.8 Å². The topological polar surface area (TPSA) is 229 Å². The molecule has 0 aromatic heterocycles. The molecule has 35 heavy (non-hydrogen) atoms. The molecule has 12 nitrogen and oxygen atoms in total. The van der Waals surface area contributed by atoms with Gasteiger partial charge in [-0.1, -0.05) is 71.1 Å². The molecule has 12 heteroatoms. The van der Waals surface area contributed by atoms with E-state index in [9.17, 15) is 9.59 Å². The smallest absolute Gasteiger partial charge is 0.335 e. The lowest BCUT2D eigenvalue weighted by atomic mass is 10.0. The lowest BCUT2D eigenvalue weighted by Gasteiger charge is -2.23. The third-order valence-electron chi connectivity index (χ3n) is 5.28. The molecule has 208 valence electrons. The minimum atomic E-state index is -2.20. The largest absolute Gasteiger partial charge is 0.479 e. The predicted molar refractivity (Wildman–Crippen MR) is 133 cm³/mol. The van der Waals surface area contributed by atoms with Crippen molar-refractivity contribution in [3.05, 3.63) is 0 Å². The molecule has 0 aromatic carbocycles. The number of nitrogens with one attached hydrogen (secondary N) is 3. The Morgan fingerprint density at radius 2 is 1.26 bits per heavy atom. The third-order valence-corrected chi connectivity index (χ3v) is 5.28. The van der Waals surface area contributed by atoms with Gasteiger partial charge in [-0.25, -0.2) is 4.79 Å². The molecule has 0 bridgehead atoms. The van der Waals surface area contributed by atoms with Crippen LogP contribution < -0.4 is 16.4 Å². The first-order valence-electron chi connectivity index (χ1n) is 12.5. The molecule has 0 aliphatic carbocycles. The third kappa shape index (κ3) is 22.2. The molecule has 0 radical (unpaired) electrons. The predicted octanol–water partition coefficient (Wildman–Crippen LogP) is -0.206. The number of carbonyl (C=O) groups excluding carboxylic acids is 1. The fourth-order valence-electron chi connectivity index (χ4n) is 3.11. The van der Waals surface area contributed by atoms with Crippen molar-refractivity contribution < 1.29 is 40.2 Å². The molecule has 0 rings (SSSR count). The average molecular weight is 509 g/mol. The van der Waals surface area contributed by atoms with Crippen molar-refractivity contribution in [3.63, 3.8) is 0 Å². The van der Waals surface area contributed by atoms with Gasteiger partial charge >= 0.3 is 5.97 Å². The molecule has 0 spiro atoms. The maximum absolute atomic E-state index is 11.5. The number of aliphatic carboxylic acids is 1. The fourth-order valence-corrected chi connectivity index (χ4v) is 3.11. The highest BCUT2D eigenvalue weighted by Crippen LogP contribution is 2.11. The van der Waals surface area contributed by atoms with Crippen LogP contribution in [0.5, 0.6) is 0 Å². The van der Waals surface area contributed by atoms with E-state index in [2.05, 4.69) is 17.6 Å². The minimum absolute atomic E-state index is 0.0559. The van der Waals surface area contributed by atoms with Gasteiger partial charge in [0.15, 0.2) is 12.1 Å². The van der Waals surface area contributed by atoms with E-state index >= 15 is 0 Å². The number of aliphatic hydroxyl groups is 5. The molecule has 1 amide bonds. The first-order chi connectivity index (χ1) is 16.6. The zero-order valence-electron chi connectivity index (χ0n) is 21.0. The highest BCUT2D eigenvalue weighted by Gasteiger charge is 2.33. The molecular formula is C23H48N4O8. The SMILES string of the molecule is CCCCCCCCCCCCCC(=O)NCCNC(=N)N.O=C(O)[C@H](O)[C@@H](O)[C@H](O)[C@H](O)CO. The molecule has 0 aliphatic rings. The van der Waals surface area contributed by atoms with Gasteiger partial charge in [0, 0.05) is 19.5 Å². The summed E-state index contributed by atoms with van der Waals surface area (Å²) < 4.78 is 0. The summed E-state index contributed by atoms with van der Waals surface area (Å²) in [6.07, 6.45) is 7.03. The van der Waals surface area contributed by atoms with Crippen LogP contribution >= 0.6 is 0 Å². The summed E-state index contributed by atoms with van der Waals surface area (Å²) in [6, 6.07) is 0. The van der Waals surface area contributed by atoms with Crippen LogP contribution in [0, 0.1) is 5.41 Å². The van der Waals surface area contributed by atoms with Crippen molar-refractivity contribution in [1.29, 1.82) is 5.41 Å². The first-order valence-corrected chi connectivity index (χ1v) is 12.5. The summed E-state index contributed by atoms with van der Waals surface area (Å²) in [6.45, 7) is 2.45. The van der Waals surface area contributed by atoms with E-state index in [1.165, 1.54) is 57.8 Å². The van der Waals surface area contributed by atoms with Gasteiger partial charge in [0.1, 0.15) is 18.3 Å². The van der Waals surface area contributed by atoms with Crippen LogP contribution in [0.25, 0.3) is 0 Å². The Labute approximate surface area is 208 Å². The molecule has 0 saturated heterocycles. The Bertz CT molecular complexity index is 554. The second-order valence-corrected chi connectivity index (χ2v) is 8.49. The normalized spacial score (nSPS) is 14.1. The van der Waals surface area contributed by atoms with E-state index in [0.29, 0.717) is 19.5 Å². The van der Waals surface area contributed by atoms with Gasteiger partial charge in [-0.15, -0.1) is 0 Å². The maximum atomic E-state index is 11.5. The number of carbonyl (C=O) groups is 2. The molecule has 4 atom stereocenters. The van der Waals surface area contributed by atoms with Gasteiger partial charge in [0.05, 0.1) is 6.61 Å². The summed E-state index contributed by atoms with van der Waals surface area (Å²) in [4.78, 5) is 21.6. The number of hydrogen-bond donors (Lipinski definition) is 10. The monoisotopic (exact) mass is 508 g/mol. The average Bonchev–Trinajstić information content (AvgIpc) is 2.83. The highest BCUT2D eigenvalue weighted by molar-refractivity contribution is 5.76. The fraction of sp³-hybridized carbons (Fsp3) is 0.870. The zero-order valence-corrected chi connectivity index (χ0v) is 21.0. The van der Waals surface area contributed by atoms with Crippen LogP contribution in [0.2, 0.25) is 0 Å². The number of rotatable bonds is 20. The van der Waals surface area contributed by atoms with Crippen molar-refractivity contribution in [1.82, 2.24) is 10.6 Å². The number of hydrogen-bond acceptors (Lipinski definition) is 8. The molecule has 0 fully saturated rings. The van der Waals surface area contributed by atoms with Crippen LogP contribution in [-0.2, 0) is 9.59 Å². The van der Waals surface area contributed by atoms with Crippen molar-refractivity contribution in [2.75, 3.05) is 19.7 Å². The Kier molecular flexibility index (Phi) is 23.9. The Hall–Kier alpha value is -1.99. The van der Waals surface area contributed by atoms with Crippen LogP contribution in [0.1, 0.15) is 84.0 Å². The summed E-state index contributed by atoms with van der Waals surface area (Å²) in [7, 11) is 0. The summed E-state index contributed by atoms with van der Waals surface area (Å²) in [5.41, 5.74) is 5.15. The van der Waals surface area contributed by atoms with Crippen LogP contribution in [0.3, 0.4) is 0 Å². The number of aliphatic hydroxyl groups excluding tert-OH is 5. The van der Waals surface area contributed by atoms with Gasteiger partial charge in [0.2, 0.25) is 5.91 Å². The van der Waals surface area contributed by atoms with E-state index in [4.69, 9.17) is 41.8 Å². The first kappa shape index (κ1) is 35.2. The summed E-state index contributed by atoms with van der Waals surface area (Å²) in [5, 5.41) is 64.3. The van der Waals surface area contributed by atoms with Crippen LogP contribution in [0.15, 0.2) is 0 Å². The van der Waals surface area contributed by atoms with Gasteiger partial charge in [-0.2, -0.15) is 0 Å². The van der Waals surface area contributed by atoms with E-state index in [1.54, 1.807) is 0 Å². The Balaban J connectivity index is 0. The van der Waals surface area contributed by atoms with Gasteiger partial charge < -0.3 is 47.0 Å². The highest BCUT2D eigenvalue weighted by atomic mass is 16.4. The second kappa shape index (κ2) is 23.7. The summed E-state index contributed by atoms with van der Waals surface area (Å²) >= 11 is 0. The Morgan fingerprint density at radius 3 is 1.69 bits per heavy atom. The van der Waals surface area contributed by atoms with Crippen LogP contribution in [0.4, 0.5) is 0 Å². The zero-order chi connectivity index (χ0) is 27.1. The lowest BCUT2D eigenvalue weighted by molar-refractivity contribution is -0.164. The summed E-state index contributed by atoms with van der Waals surface area (Å²) in [5.74, 6) is -1.68. The lowest BCUT2D eigenvalue weighted by Crippen LogP contribution is -2.48. The van der Waals surface area contributed by atoms with Crippen LogP contribution in [-0.4, -0.2) is 92.6 Å². The van der Waals surface area contributed by atoms with Crippen molar-refractivity contribution in [2.24, 2.45) is 5.73 Å². The molecule has 0 heterocycles. The number of nitrogens with two attached hydrogens (primary N) is 1. The minimum Gasteiger partial charge on any atom is -0.479 e. The van der Waals surface area contributed by atoms with E-state index in [-0.39, 0.29) is 11.9 Å². The van der Waals surface area contributed by atoms with Gasteiger partial charge in [0.25, 0.3) is 0 Å². The number of amides is 1. The Morgan fingerprint density at radius 1 is 0.800 bits per heavy atom. The van der Waals surface area contributed by atoms with Gasteiger partial charge in [-0.05, 0) is 6.42 Å². The quantitative estimate of drug-likeness (QED) is 0.0591. The number of unbranched alkanes of at least 4 members (excludes halogenated alkanes) is 10. The van der Waals surface area contributed by atoms with E-state index in [0.717, 1.165) is 12.8 Å². The van der Waals surface area contributed by atoms with E-state index < -0.39 is 37.0 Å². The van der Waals surface area contributed by atoms with E-state index in [1.807, 2.05) is 0 Å². The van der Waals surface area contributed by atoms with Gasteiger partial charge in [-0.3, -0.25) is 10.2 Å². The molecule has 0 aliphatic heterocycles. The second-order valence-electron chi connectivity index (χ2n) is 8.49. The standard InChI is InChI=1S/C17H36N4O.C6H12O7/c1-2-3-4-5-6-7-8-9-10-11-12-13-16(22)20-14-15-21-17(18)19;7-1-2(8)3(9)4(10)5(11)6(12)13/h2-15H2,1H3,(H,20,22)(H4,18,19,21);2-5,7-11H,1H2,(H,12,13)/t;2-,3-,4+,5-/m.1/s1. The molecule has 0 aromatic rings. The molecule has 0 saturated carbocycles. The van der Waals surface area contributed by atoms with Crippen molar-refractivity contribution in [3.8, 4) is 0 Å².